The molecular weight excluding hydrogens is 741 g/mol. The normalized spacial score (nSPS) is 12.9. The van der Waals surface area contributed by atoms with Gasteiger partial charge in [-0.15, -0.1) is 0 Å². The van der Waals surface area contributed by atoms with Crippen LogP contribution in [-0.4, -0.2) is 37.9 Å². The molecule has 0 aromatic heterocycles. The molecular formula is C55H94O5. The number of hydrogen-bond donors (Lipinski definition) is 0. The minimum absolute atomic E-state index is 0.0523. The molecule has 0 heterocycles. The Morgan fingerprint density at radius 2 is 0.783 bits per heavy atom. The molecule has 0 rings (SSSR count). The van der Waals surface area contributed by atoms with Gasteiger partial charge >= 0.3 is 11.9 Å². The standard InChI is InChI=1S/C55H94O5/c1-4-7-10-13-16-19-22-25-27-28-29-31-33-36-39-42-45-48-54(56)59-52-53(51-58-50-47-44-41-38-35-32-26-23-20-17-14-11-8-5-2)60-55(57)49-46-43-40-37-34-30-24-21-18-15-12-9-6-3/h8,11-12,15,17,20-21,24-27,32,38,41,53H,4-7,9-10,13-14,16,18-19,22-23,28-31,33-37,39-40,42-52H2,1-3H3/b11-8-,15-12-,20-17-,24-21-,27-25-,32-26-,41-38-. The number of ether oxygens (including phenoxy) is 3. The molecule has 0 radical (unpaired) electrons. The zero-order valence-electron chi connectivity index (χ0n) is 39.5. The third-order valence-electron chi connectivity index (χ3n) is 10.4. The third-order valence-corrected chi connectivity index (χ3v) is 10.4. The number of carbonyl (C=O) groups excluding carboxylic acids is 2. The van der Waals surface area contributed by atoms with Crippen molar-refractivity contribution in [2.75, 3.05) is 19.8 Å². The van der Waals surface area contributed by atoms with Gasteiger partial charge in [0.1, 0.15) is 6.61 Å². The van der Waals surface area contributed by atoms with Crippen molar-refractivity contribution < 1.29 is 23.8 Å². The highest BCUT2D eigenvalue weighted by molar-refractivity contribution is 5.70. The van der Waals surface area contributed by atoms with E-state index in [0.29, 0.717) is 19.4 Å². The van der Waals surface area contributed by atoms with Gasteiger partial charge in [-0.05, 0) is 103 Å². The van der Waals surface area contributed by atoms with Crippen LogP contribution in [0.4, 0.5) is 0 Å². The Bertz CT molecular complexity index is 1130. The maximum absolute atomic E-state index is 12.8. The molecule has 5 heteroatoms. The predicted octanol–water partition coefficient (Wildman–Crippen LogP) is 16.9. The van der Waals surface area contributed by atoms with Crippen LogP contribution < -0.4 is 0 Å². The van der Waals surface area contributed by atoms with Gasteiger partial charge in [0.15, 0.2) is 6.10 Å². The molecule has 0 saturated carbocycles. The summed E-state index contributed by atoms with van der Waals surface area (Å²) >= 11 is 0. The summed E-state index contributed by atoms with van der Waals surface area (Å²) in [4.78, 5) is 25.4. The fraction of sp³-hybridized carbons (Fsp3) is 0.709. The van der Waals surface area contributed by atoms with Gasteiger partial charge < -0.3 is 14.2 Å². The molecule has 60 heavy (non-hydrogen) atoms. The molecule has 344 valence electrons. The topological polar surface area (TPSA) is 61.8 Å². The summed E-state index contributed by atoms with van der Waals surface area (Å²) in [5.74, 6) is -0.450. The molecule has 1 unspecified atom stereocenters. The maximum atomic E-state index is 12.8. The summed E-state index contributed by atoms with van der Waals surface area (Å²) in [6.07, 6.45) is 66.0. The van der Waals surface area contributed by atoms with Gasteiger partial charge in [0.05, 0.1) is 6.61 Å². The minimum atomic E-state index is -0.576. The van der Waals surface area contributed by atoms with Gasteiger partial charge in [-0.25, -0.2) is 0 Å². The molecule has 0 spiro atoms. The van der Waals surface area contributed by atoms with E-state index in [2.05, 4.69) is 106 Å². The van der Waals surface area contributed by atoms with Crippen LogP contribution in [0.3, 0.4) is 0 Å². The lowest BCUT2D eigenvalue weighted by Gasteiger charge is -2.18. The van der Waals surface area contributed by atoms with E-state index in [1.807, 2.05) is 0 Å². The van der Waals surface area contributed by atoms with Crippen LogP contribution in [0.5, 0.6) is 0 Å². The van der Waals surface area contributed by atoms with E-state index >= 15 is 0 Å². The molecule has 0 aliphatic rings. The fourth-order valence-electron chi connectivity index (χ4n) is 6.66. The van der Waals surface area contributed by atoms with Crippen LogP contribution in [0.1, 0.15) is 226 Å². The minimum Gasteiger partial charge on any atom is -0.462 e. The van der Waals surface area contributed by atoms with Gasteiger partial charge in [0.2, 0.25) is 0 Å². The first kappa shape index (κ1) is 57.1. The van der Waals surface area contributed by atoms with Gasteiger partial charge in [-0.1, -0.05) is 196 Å². The Labute approximate surface area is 371 Å². The molecule has 1 atom stereocenters. The van der Waals surface area contributed by atoms with Gasteiger partial charge in [-0.3, -0.25) is 9.59 Å². The number of carbonyl (C=O) groups is 2. The zero-order valence-corrected chi connectivity index (χ0v) is 39.5. The van der Waals surface area contributed by atoms with Crippen molar-refractivity contribution in [1.29, 1.82) is 0 Å². The van der Waals surface area contributed by atoms with Gasteiger partial charge in [0.25, 0.3) is 0 Å². The Morgan fingerprint density at radius 1 is 0.383 bits per heavy atom. The lowest BCUT2D eigenvalue weighted by atomic mass is 10.1. The van der Waals surface area contributed by atoms with E-state index in [0.717, 1.165) is 96.3 Å². The second kappa shape index (κ2) is 50.4. The molecule has 0 aromatic rings. The highest BCUT2D eigenvalue weighted by Crippen LogP contribution is 2.13. The van der Waals surface area contributed by atoms with E-state index < -0.39 is 6.10 Å². The SMILES string of the molecule is CC/C=C\C/C=C\C/C=C\C/C=C\CCCOCC(COC(=O)CCCCCCCCC/C=C\CCCCCCCC)OC(=O)CCCCCCC/C=C\C/C=C\CCC. The molecule has 0 fully saturated rings. The average Bonchev–Trinajstić information content (AvgIpc) is 3.25. The van der Waals surface area contributed by atoms with Crippen molar-refractivity contribution in [3.63, 3.8) is 0 Å². The fourth-order valence-corrected chi connectivity index (χ4v) is 6.66. The van der Waals surface area contributed by atoms with Crippen molar-refractivity contribution in [1.82, 2.24) is 0 Å². The lowest BCUT2D eigenvalue weighted by Crippen LogP contribution is -2.30. The number of hydrogen-bond acceptors (Lipinski definition) is 5. The summed E-state index contributed by atoms with van der Waals surface area (Å²) < 4.78 is 17.3. The highest BCUT2D eigenvalue weighted by atomic mass is 16.6. The van der Waals surface area contributed by atoms with Crippen molar-refractivity contribution in [2.45, 2.75) is 232 Å². The van der Waals surface area contributed by atoms with Gasteiger partial charge in [-0.2, -0.15) is 0 Å². The molecule has 0 amide bonds. The first-order valence-electron chi connectivity index (χ1n) is 25.1. The van der Waals surface area contributed by atoms with Crippen molar-refractivity contribution in [2.24, 2.45) is 0 Å². The second-order valence-electron chi connectivity index (χ2n) is 16.3. The Hall–Kier alpha value is -2.92. The van der Waals surface area contributed by atoms with E-state index in [-0.39, 0.29) is 25.2 Å². The highest BCUT2D eigenvalue weighted by Gasteiger charge is 2.17. The quantitative estimate of drug-likeness (QED) is 0.0347. The lowest BCUT2D eigenvalue weighted by molar-refractivity contribution is -0.163. The van der Waals surface area contributed by atoms with E-state index in [1.165, 1.54) is 96.3 Å². The molecule has 0 aromatic carbocycles. The molecule has 0 saturated heterocycles. The van der Waals surface area contributed by atoms with E-state index in [4.69, 9.17) is 14.2 Å². The number of unbranched alkanes of at least 4 members (excludes halogenated alkanes) is 20. The smallest absolute Gasteiger partial charge is 0.306 e. The van der Waals surface area contributed by atoms with Crippen LogP contribution in [0.25, 0.3) is 0 Å². The van der Waals surface area contributed by atoms with Crippen LogP contribution >= 0.6 is 0 Å². The summed E-state index contributed by atoms with van der Waals surface area (Å²) in [6.45, 7) is 7.49. The molecule has 0 N–H and O–H groups in total. The monoisotopic (exact) mass is 835 g/mol. The molecule has 0 aliphatic heterocycles. The number of rotatable bonds is 45. The van der Waals surface area contributed by atoms with Crippen molar-refractivity contribution in [3.05, 3.63) is 85.1 Å². The largest absolute Gasteiger partial charge is 0.462 e. The second-order valence-corrected chi connectivity index (χ2v) is 16.3. The maximum Gasteiger partial charge on any atom is 0.306 e. The van der Waals surface area contributed by atoms with Crippen LogP contribution in [0.2, 0.25) is 0 Å². The average molecular weight is 835 g/mol. The summed E-state index contributed by atoms with van der Waals surface area (Å²) in [5, 5.41) is 0. The first-order valence-corrected chi connectivity index (χ1v) is 25.1. The number of esters is 2. The Balaban J connectivity index is 4.35. The summed E-state index contributed by atoms with van der Waals surface area (Å²) in [7, 11) is 0. The van der Waals surface area contributed by atoms with E-state index in [9.17, 15) is 9.59 Å². The molecule has 0 bridgehead atoms. The van der Waals surface area contributed by atoms with Crippen molar-refractivity contribution in [3.8, 4) is 0 Å². The Kier molecular flexibility index (Phi) is 48.0. The predicted molar refractivity (Wildman–Crippen MR) is 260 cm³/mol. The summed E-state index contributed by atoms with van der Waals surface area (Å²) in [6, 6.07) is 0. The van der Waals surface area contributed by atoms with Crippen LogP contribution in [0.15, 0.2) is 85.1 Å². The van der Waals surface area contributed by atoms with Crippen LogP contribution in [-0.2, 0) is 23.8 Å². The summed E-state index contributed by atoms with van der Waals surface area (Å²) in [5.41, 5.74) is 0. The zero-order chi connectivity index (χ0) is 43.5. The molecule has 5 nitrogen and oxygen atoms in total. The van der Waals surface area contributed by atoms with Gasteiger partial charge in [0, 0.05) is 19.4 Å². The molecule has 0 aliphatic carbocycles. The first-order chi connectivity index (χ1) is 29.6. The third kappa shape index (κ3) is 47.8. The Morgan fingerprint density at radius 3 is 1.28 bits per heavy atom. The van der Waals surface area contributed by atoms with Crippen LogP contribution in [0, 0.1) is 0 Å². The van der Waals surface area contributed by atoms with Crippen molar-refractivity contribution >= 4 is 11.9 Å². The number of allylic oxidation sites excluding steroid dienone is 14. The van der Waals surface area contributed by atoms with E-state index in [1.54, 1.807) is 0 Å².